The Labute approximate surface area is 119 Å². The Morgan fingerprint density at radius 2 is 2.20 bits per heavy atom. The van der Waals surface area contributed by atoms with Crippen molar-refractivity contribution in [1.29, 1.82) is 0 Å². The predicted molar refractivity (Wildman–Crippen MR) is 79.0 cm³/mol. The molecule has 1 aromatic carbocycles. The van der Waals surface area contributed by atoms with Gasteiger partial charge < -0.3 is 10.1 Å². The first-order chi connectivity index (χ1) is 9.84. The molecule has 20 heavy (non-hydrogen) atoms. The van der Waals surface area contributed by atoms with E-state index >= 15 is 0 Å². The second kappa shape index (κ2) is 6.20. The van der Waals surface area contributed by atoms with E-state index in [1.807, 2.05) is 19.2 Å². The molecule has 1 aliphatic rings. The van der Waals surface area contributed by atoms with Crippen LogP contribution in [0.15, 0.2) is 36.5 Å². The van der Waals surface area contributed by atoms with E-state index < -0.39 is 0 Å². The largest absolute Gasteiger partial charge is 0.380 e. The Balaban J connectivity index is 1.74. The fraction of sp³-hybridized carbons (Fsp3) is 0.438. The summed E-state index contributed by atoms with van der Waals surface area (Å²) in [5.74, 6) is 1.02. The number of nitrogens with one attached hydrogen (secondary N) is 1. The van der Waals surface area contributed by atoms with Crippen molar-refractivity contribution in [3.8, 4) is 5.69 Å². The maximum atomic E-state index is 5.51. The highest BCUT2D eigenvalue weighted by atomic mass is 16.5. The maximum absolute atomic E-state index is 5.51. The molecule has 1 aliphatic heterocycles. The van der Waals surface area contributed by atoms with Crippen molar-refractivity contribution in [1.82, 2.24) is 14.9 Å². The van der Waals surface area contributed by atoms with Crippen LogP contribution in [0.25, 0.3) is 5.69 Å². The highest BCUT2D eigenvalue weighted by Gasteiger charge is 2.15. The van der Waals surface area contributed by atoms with Crippen molar-refractivity contribution in [2.45, 2.75) is 32.4 Å². The number of rotatable bonds is 4. The Morgan fingerprint density at radius 3 is 2.95 bits per heavy atom. The maximum Gasteiger partial charge on any atom is 0.110 e. The van der Waals surface area contributed by atoms with E-state index in [4.69, 9.17) is 4.74 Å². The zero-order valence-corrected chi connectivity index (χ0v) is 11.9. The second-order valence-electron chi connectivity index (χ2n) is 5.26. The molecule has 1 saturated heterocycles. The van der Waals surface area contributed by atoms with Gasteiger partial charge in [0.05, 0.1) is 18.5 Å². The number of imidazole rings is 1. The average Bonchev–Trinajstić information content (AvgIpc) is 2.88. The number of ether oxygens (including phenoxy) is 1. The van der Waals surface area contributed by atoms with Crippen molar-refractivity contribution in [2.75, 3.05) is 13.2 Å². The molecule has 4 nitrogen and oxygen atoms in total. The number of benzene rings is 1. The van der Waals surface area contributed by atoms with Gasteiger partial charge in [-0.1, -0.05) is 18.2 Å². The van der Waals surface area contributed by atoms with Crippen molar-refractivity contribution in [3.63, 3.8) is 0 Å². The lowest BCUT2D eigenvalue weighted by atomic mass is 10.1. The Morgan fingerprint density at radius 1 is 1.35 bits per heavy atom. The van der Waals surface area contributed by atoms with E-state index in [0.717, 1.165) is 32.0 Å². The summed E-state index contributed by atoms with van der Waals surface area (Å²) in [5.41, 5.74) is 2.36. The molecule has 106 valence electrons. The lowest BCUT2D eigenvalue weighted by Crippen LogP contribution is -2.36. The van der Waals surface area contributed by atoms with E-state index in [2.05, 4.69) is 39.1 Å². The highest BCUT2D eigenvalue weighted by Crippen LogP contribution is 2.15. The van der Waals surface area contributed by atoms with E-state index in [1.54, 1.807) is 0 Å². The van der Waals surface area contributed by atoms with Gasteiger partial charge in [0, 0.05) is 24.9 Å². The van der Waals surface area contributed by atoms with E-state index in [9.17, 15) is 0 Å². The molecule has 0 bridgehead atoms. The fourth-order valence-electron chi connectivity index (χ4n) is 2.70. The van der Waals surface area contributed by atoms with Gasteiger partial charge in [-0.15, -0.1) is 0 Å². The van der Waals surface area contributed by atoms with E-state index in [0.29, 0.717) is 6.04 Å². The van der Waals surface area contributed by atoms with Crippen LogP contribution in [-0.2, 0) is 11.3 Å². The van der Waals surface area contributed by atoms with Gasteiger partial charge in [0.25, 0.3) is 0 Å². The summed E-state index contributed by atoms with van der Waals surface area (Å²) >= 11 is 0. The molecule has 1 fully saturated rings. The Kier molecular flexibility index (Phi) is 4.14. The first-order valence-corrected chi connectivity index (χ1v) is 7.24. The van der Waals surface area contributed by atoms with Gasteiger partial charge in [-0.2, -0.15) is 0 Å². The van der Waals surface area contributed by atoms with Crippen LogP contribution in [0.1, 0.15) is 24.4 Å². The summed E-state index contributed by atoms with van der Waals surface area (Å²) in [6.07, 6.45) is 4.30. The minimum Gasteiger partial charge on any atom is -0.380 e. The van der Waals surface area contributed by atoms with Crippen molar-refractivity contribution in [3.05, 3.63) is 48.0 Å². The van der Waals surface area contributed by atoms with Gasteiger partial charge in [-0.25, -0.2) is 4.98 Å². The van der Waals surface area contributed by atoms with Crippen molar-refractivity contribution in [2.24, 2.45) is 0 Å². The van der Waals surface area contributed by atoms with Crippen molar-refractivity contribution < 1.29 is 4.74 Å². The van der Waals surface area contributed by atoms with Gasteiger partial charge in [0.1, 0.15) is 5.82 Å². The third-order valence-corrected chi connectivity index (χ3v) is 3.76. The standard InChI is InChI=1S/C16H21N3O/c1-13-17-10-16(11-18-14-6-5-9-20-12-14)19(13)15-7-3-2-4-8-15/h2-4,7-8,10,14,18H,5-6,9,11-12H2,1H3. The number of hydrogen-bond acceptors (Lipinski definition) is 3. The molecule has 1 N–H and O–H groups in total. The lowest BCUT2D eigenvalue weighted by Gasteiger charge is -2.23. The number of nitrogens with zero attached hydrogens (tertiary/aromatic N) is 2. The predicted octanol–water partition coefficient (Wildman–Crippen LogP) is 2.45. The molecule has 4 heteroatoms. The van der Waals surface area contributed by atoms with Gasteiger partial charge in [-0.05, 0) is 31.9 Å². The molecule has 2 heterocycles. The molecule has 1 aromatic heterocycles. The van der Waals surface area contributed by atoms with Gasteiger partial charge in [-0.3, -0.25) is 4.57 Å². The molecule has 0 radical (unpaired) electrons. The summed E-state index contributed by atoms with van der Waals surface area (Å²) < 4.78 is 7.71. The second-order valence-corrected chi connectivity index (χ2v) is 5.26. The summed E-state index contributed by atoms with van der Waals surface area (Å²) in [6, 6.07) is 10.8. The lowest BCUT2D eigenvalue weighted by molar-refractivity contribution is 0.0698. The molecule has 1 atom stereocenters. The Hall–Kier alpha value is -1.65. The third kappa shape index (κ3) is 2.92. The first-order valence-electron chi connectivity index (χ1n) is 7.24. The monoisotopic (exact) mass is 271 g/mol. The zero-order valence-electron chi connectivity index (χ0n) is 11.9. The van der Waals surface area contributed by atoms with Crippen LogP contribution in [-0.4, -0.2) is 28.8 Å². The minimum atomic E-state index is 0.461. The van der Waals surface area contributed by atoms with Crippen LogP contribution in [0.3, 0.4) is 0 Å². The number of aromatic nitrogens is 2. The fourth-order valence-corrected chi connectivity index (χ4v) is 2.70. The quantitative estimate of drug-likeness (QED) is 0.928. The summed E-state index contributed by atoms with van der Waals surface area (Å²) in [6.45, 7) is 4.58. The molecular weight excluding hydrogens is 250 g/mol. The summed E-state index contributed by atoms with van der Waals surface area (Å²) in [7, 11) is 0. The molecule has 1 unspecified atom stereocenters. The van der Waals surface area contributed by atoms with Crippen LogP contribution in [0.4, 0.5) is 0 Å². The van der Waals surface area contributed by atoms with Crippen molar-refractivity contribution >= 4 is 0 Å². The van der Waals surface area contributed by atoms with E-state index in [-0.39, 0.29) is 0 Å². The minimum absolute atomic E-state index is 0.461. The van der Waals surface area contributed by atoms with Crippen LogP contribution < -0.4 is 5.32 Å². The molecular formula is C16H21N3O. The van der Waals surface area contributed by atoms with Gasteiger partial charge >= 0.3 is 0 Å². The molecule has 2 aromatic rings. The number of aryl methyl sites for hydroxylation is 1. The molecule has 0 aliphatic carbocycles. The molecule has 0 amide bonds. The number of para-hydroxylation sites is 1. The molecule has 0 spiro atoms. The first kappa shape index (κ1) is 13.3. The van der Waals surface area contributed by atoms with Crippen LogP contribution >= 0.6 is 0 Å². The molecule has 0 saturated carbocycles. The highest BCUT2D eigenvalue weighted by molar-refractivity contribution is 5.35. The number of hydrogen-bond donors (Lipinski definition) is 1. The summed E-state index contributed by atoms with van der Waals surface area (Å²) in [4.78, 5) is 4.45. The van der Waals surface area contributed by atoms with Gasteiger partial charge in [0.15, 0.2) is 0 Å². The van der Waals surface area contributed by atoms with Crippen LogP contribution in [0.2, 0.25) is 0 Å². The third-order valence-electron chi connectivity index (χ3n) is 3.76. The topological polar surface area (TPSA) is 39.1 Å². The average molecular weight is 271 g/mol. The Bertz CT molecular complexity index is 544. The van der Waals surface area contributed by atoms with Gasteiger partial charge in [0.2, 0.25) is 0 Å². The summed E-state index contributed by atoms with van der Waals surface area (Å²) in [5, 5.41) is 3.58. The smallest absolute Gasteiger partial charge is 0.110 e. The van der Waals surface area contributed by atoms with Crippen LogP contribution in [0.5, 0.6) is 0 Å². The SMILES string of the molecule is Cc1ncc(CNC2CCCOC2)n1-c1ccccc1. The van der Waals surface area contributed by atoms with Crippen LogP contribution in [0, 0.1) is 6.92 Å². The van der Waals surface area contributed by atoms with E-state index in [1.165, 1.54) is 17.8 Å². The normalized spacial score (nSPS) is 19.1. The zero-order chi connectivity index (χ0) is 13.8. The molecule has 3 rings (SSSR count).